The van der Waals surface area contributed by atoms with Crippen LogP contribution in [0.2, 0.25) is 0 Å². The number of nitrogens with zero attached hydrogens (tertiary/aromatic N) is 1. The Morgan fingerprint density at radius 1 is 1.14 bits per heavy atom. The number of alkyl halides is 6. The molecule has 0 amide bonds. The molecule has 2 heterocycles. The van der Waals surface area contributed by atoms with Gasteiger partial charge in [0.15, 0.2) is 0 Å². The smallest absolute Gasteiger partial charge is 0.397 e. The molecule has 2 unspecified atom stereocenters. The van der Waals surface area contributed by atoms with Gasteiger partial charge in [-0.25, -0.2) is 4.98 Å². The zero-order valence-corrected chi connectivity index (χ0v) is 15.6. The van der Waals surface area contributed by atoms with E-state index in [0.717, 1.165) is 18.9 Å². The van der Waals surface area contributed by atoms with Crippen molar-refractivity contribution in [2.24, 2.45) is 0 Å². The zero-order chi connectivity index (χ0) is 21.8. The van der Waals surface area contributed by atoms with Gasteiger partial charge in [-0.05, 0) is 44.0 Å². The lowest BCUT2D eigenvalue weighted by atomic mass is 9.91. The zero-order valence-electron chi connectivity index (χ0n) is 15.6. The van der Waals surface area contributed by atoms with Crippen LogP contribution in [-0.4, -0.2) is 34.4 Å². The molecule has 1 fully saturated rings. The summed E-state index contributed by atoms with van der Waals surface area (Å²) in [6.45, 7) is 2.52. The summed E-state index contributed by atoms with van der Waals surface area (Å²) in [5.41, 5.74) is -3.72. The molecule has 1 aromatic heterocycles. The highest BCUT2D eigenvalue weighted by molar-refractivity contribution is 5.86. The van der Waals surface area contributed by atoms with Gasteiger partial charge in [0.25, 0.3) is 0 Å². The lowest BCUT2D eigenvalue weighted by Crippen LogP contribution is -2.39. The van der Waals surface area contributed by atoms with Crippen LogP contribution in [0.25, 0.3) is 10.9 Å². The Morgan fingerprint density at radius 3 is 2.31 bits per heavy atom. The standard InChI is InChI=1S/C17H16F6N2O.C2H6O/c18-16(19,20)11-5-3-4-9-10(15(26)12-6-1-2-7-24-12)8-13(17(21,22)23)25-14(9)11;1-2-3/h3-5,8,12,15,24,26H,1-2,6-7H2;3H,2H2,1H3. The Balaban J connectivity index is 0.000000941. The Morgan fingerprint density at radius 2 is 1.79 bits per heavy atom. The lowest BCUT2D eigenvalue weighted by Gasteiger charge is -2.29. The maximum absolute atomic E-state index is 13.2. The molecule has 4 nitrogen and oxygen atoms in total. The predicted molar refractivity (Wildman–Crippen MR) is 95.1 cm³/mol. The Kier molecular flexibility index (Phi) is 7.47. The molecule has 0 bridgehead atoms. The molecule has 162 valence electrons. The van der Waals surface area contributed by atoms with Crippen LogP contribution in [-0.2, 0) is 12.4 Å². The van der Waals surface area contributed by atoms with Crippen molar-refractivity contribution in [2.45, 2.75) is 50.7 Å². The van der Waals surface area contributed by atoms with Gasteiger partial charge in [-0.1, -0.05) is 18.6 Å². The van der Waals surface area contributed by atoms with Gasteiger partial charge in [0, 0.05) is 18.0 Å². The first-order valence-electron chi connectivity index (χ1n) is 9.11. The van der Waals surface area contributed by atoms with E-state index in [1.54, 1.807) is 6.92 Å². The van der Waals surface area contributed by atoms with Crippen molar-refractivity contribution in [1.82, 2.24) is 10.3 Å². The minimum Gasteiger partial charge on any atom is -0.397 e. The first-order chi connectivity index (χ1) is 13.5. The van der Waals surface area contributed by atoms with E-state index in [0.29, 0.717) is 25.1 Å². The highest BCUT2D eigenvalue weighted by Gasteiger charge is 2.38. The number of nitrogens with one attached hydrogen (secondary N) is 1. The van der Waals surface area contributed by atoms with Crippen molar-refractivity contribution in [1.29, 1.82) is 0 Å². The van der Waals surface area contributed by atoms with Gasteiger partial charge >= 0.3 is 12.4 Å². The van der Waals surface area contributed by atoms with Gasteiger partial charge in [0.1, 0.15) is 5.69 Å². The molecule has 3 rings (SSSR count). The van der Waals surface area contributed by atoms with Crippen molar-refractivity contribution >= 4 is 10.9 Å². The number of aliphatic hydroxyl groups excluding tert-OH is 2. The highest BCUT2D eigenvalue weighted by Crippen LogP contribution is 2.39. The number of rotatable bonds is 2. The summed E-state index contributed by atoms with van der Waals surface area (Å²) < 4.78 is 79.3. The summed E-state index contributed by atoms with van der Waals surface area (Å²) >= 11 is 0. The molecule has 1 aliphatic rings. The SMILES string of the molecule is CCO.OC(c1cc(C(F)(F)F)nc2c(C(F)(F)F)cccc12)C1CCCCN1. The topological polar surface area (TPSA) is 65.4 Å². The molecule has 1 aliphatic heterocycles. The first kappa shape index (κ1) is 23.4. The number of halogens is 6. The fraction of sp³-hybridized carbons (Fsp3) is 0.526. The summed E-state index contributed by atoms with van der Waals surface area (Å²) in [5, 5.41) is 21.0. The van der Waals surface area contributed by atoms with Crippen molar-refractivity contribution in [3.63, 3.8) is 0 Å². The maximum atomic E-state index is 13.2. The number of hydrogen-bond acceptors (Lipinski definition) is 4. The highest BCUT2D eigenvalue weighted by atomic mass is 19.4. The molecule has 10 heteroatoms. The number of hydrogen-bond donors (Lipinski definition) is 3. The molecule has 0 aliphatic carbocycles. The third-order valence-corrected chi connectivity index (χ3v) is 4.52. The Bertz CT molecular complexity index is 817. The van der Waals surface area contributed by atoms with E-state index in [9.17, 15) is 31.4 Å². The third-order valence-electron chi connectivity index (χ3n) is 4.52. The van der Waals surface area contributed by atoms with E-state index < -0.39 is 41.3 Å². The molecule has 29 heavy (non-hydrogen) atoms. The second-order valence-electron chi connectivity index (χ2n) is 6.61. The third kappa shape index (κ3) is 5.58. The number of para-hydroxylation sites is 1. The van der Waals surface area contributed by atoms with E-state index in [2.05, 4.69) is 10.3 Å². The maximum Gasteiger partial charge on any atom is 0.433 e. The normalized spacial score (nSPS) is 18.9. The number of aliphatic hydroxyl groups is 2. The minimum absolute atomic E-state index is 0.132. The lowest BCUT2D eigenvalue weighted by molar-refractivity contribution is -0.142. The second kappa shape index (κ2) is 9.27. The van der Waals surface area contributed by atoms with Gasteiger partial charge in [-0.15, -0.1) is 0 Å². The minimum atomic E-state index is -4.93. The Hall–Kier alpha value is -1.91. The quantitative estimate of drug-likeness (QED) is 0.624. The van der Waals surface area contributed by atoms with Gasteiger partial charge < -0.3 is 15.5 Å². The van der Waals surface area contributed by atoms with E-state index in [4.69, 9.17) is 5.11 Å². The van der Waals surface area contributed by atoms with Crippen LogP contribution in [0.5, 0.6) is 0 Å². The summed E-state index contributed by atoms with van der Waals surface area (Å²) in [7, 11) is 0. The Labute approximate surface area is 163 Å². The molecule has 0 saturated carbocycles. The molecular formula is C19H22F6N2O2. The van der Waals surface area contributed by atoms with Crippen molar-refractivity contribution in [3.05, 3.63) is 41.1 Å². The predicted octanol–water partition coefficient (Wildman–Crippen LogP) is 4.45. The van der Waals surface area contributed by atoms with Gasteiger partial charge in [0.2, 0.25) is 0 Å². The summed E-state index contributed by atoms with van der Waals surface area (Å²) in [4.78, 5) is 3.22. The number of fused-ring (bicyclic) bond motifs is 1. The van der Waals surface area contributed by atoms with Crippen LogP contribution in [0.3, 0.4) is 0 Å². The molecule has 3 N–H and O–H groups in total. The first-order valence-corrected chi connectivity index (χ1v) is 9.11. The van der Waals surface area contributed by atoms with Crippen LogP contribution in [0.15, 0.2) is 24.3 Å². The number of pyridine rings is 1. The second-order valence-corrected chi connectivity index (χ2v) is 6.61. The van der Waals surface area contributed by atoms with Crippen molar-refractivity contribution in [2.75, 3.05) is 13.2 Å². The average Bonchev–Trinajstić information content (AvgIpc) is 2.66. The number of aromatic nitrogens is 1. The van der Waals surface area contributed by atoms with E-state index in [1.165, 1.54) is 6.07 Å². The number of benzene rings is 1. The van der Waals surface area contributed by atoms with E-state index in [1.807, 2.05) is 0 Å². The van der Waals surface area contributed by atoms with Crippen LogP contribution < -0.4 is 5.32 Å². The molecule has 0 radical (unpaired) electrons. The van der Waals surface area contributed by atoms with E-state index in [-0.39, 0.29) is 17.6 Å². The summed E-state index contributed by atoms with van der Waals surface area (Å²) in [5.74, 6) is 0. The molecule has 2 aromatic rings. The van der Waals surface area contributed by atoms with Crippen LogP contribution in [0.1, 0.15) is 49.1 Å². The van der Waals surface area contributed by atoms with E-state index >= 15 is 0 Å². The van der Waals surface area contributed by atoms with Crippen LogP contribution >= 0.6 is 0 Å². The molecule has 0 spiro atoms. The van der Waals surface area contributed by atoms with Crippen molar-refractivity contribution in [3.8, 4) is 0 Å². The largest absolute Gasteiger partial charge is 0.433 e. The fourth-order valence-electron chi connectivity index (χ4n) is 3.26. The van der Waals surface area contributed by atoms with Crippen molar-refractivity contribution < 1.29 is 36.6 Å². The fourth-order valence-corrected chi connectivity index (χ4v) is 3.26. The molecule has 1 aromatic carbocycles. The van der Waals surface area contributed by atoms with Gasteiger partial charge in [-0.2, -0.15) is 26.3 Å². The average molecular weight is 424 g/mol. The molecule has 1 saturated heterocycles. The summed E-state index contributed by atoms with van der Waals surface area (Å²) in [6.07, 6.45) is -9.00. The molecule has 2 atom stereocenters. The van der Waals surface area contributed by atoms with Gasteiger partial charge in [-0.3, -0.25) is 0 Å². The monoisotopic (exact) mass is 424 g/mol. The molecular weight excluding hydrogens is 402 g/mol. The van der Waals surface area contributed by atoms with Crippen LogP contribution in [0.4, 0.5) is 26.3 Å². The van der Waals surface area contributed by atoms with Gasteiger partial charge in [0.05, 0.1) is 17.2 Å². The van der Waals surface area contributed by atoms with Crippen LogP contribution in [0, 0.1) is 0 Å². The number of piperidine rings is 1. The summed E-state index contributed by atoms with van der Waals surface area (Å²) in [6, 6.07) is 3.16.